The molecule has 0 aromatic carbocycles. The zero-order valence-electron chi connectivity index (χ0n) is 26.0. The van der Waals surface area contributed by atoms with E-state index in [0.717, 1.165) is 62.2 Å². The fourth-order valence-corrected chi connectivity index (χ4v) is 7.28. The molecule has 228 valence electrons. The number of aliphatic carboxylic acids is 1. The minimum Gasteiger partial charge on any atom is -0.481 e. The number of allylic oxidation sites excluding steroid dienone is 2. The van der Waals surface area contributed by atoms with Crippen LogP contribution in [0, 0.1) is 38.5 Å². The summed E-state index contributed by atoms with van der Waals surface area (Å²) in [5.41, 5.74) is 10.8. The third-order valence-corrected chi connectivity index (χ3v) is 9.75. The highest BCUT2D eigenvalue weighted by Crippen LogP contribution is 2.48. The number of Topliss-reactive ketones (excluding diaryl/α,β-unsaturated/α-hetero) is 1. The highest BCUT2D eigenvalue weighted by Gasteiger charge is 2.48. The van der Waals surface area contributed by atoms with Gasteiger partial charge in [-0.3, -0.25) is 14.4 Å². The van der Waals surface area contributed by atoms with Crippen LogP contribution in [-0.4, -0.2) is 44.9 Å². The molecule has 0 radical (unpaired) electrons. The predicted molar refractivity (Wildman–Crippen MR) is 170 cm³/mol. The van der Waals surface area contributed by atoms with Crippen molar-refractivity contribution in [2.75, 3.05) is 7.11 Å². The Morgan fingerprint density at radius 3 is 2.36 bits per heavy atom. The number of ketones is 1. The van der Waals surface area contributed by atoms with Crippen molar-refractivity contribution in [2.24, 2.45) is 17.8 Å². The molecule has 3 aromatic heterocycles. The first-order valence-electron chi connectivity index (χ1n) is 15.1. The van der Waals surface area contributed by atoms with Crippen LogP contribution in [0.2, 0.25) is 0 Å². The summed E-state index contributed by atoms with van der Waals surface area (Å²) >= 11 is 0. The highest BCUT2D eigenvalue weighted by atomic mass is 16.5. The van der Waals surface area contributed by atoms with Crippen LogP contribution in [0.3, 0.4) is 0 Å². The number of ether oxygens (including phenoxy) is 1. The number of esters is 1. The Labute approximate surface area is 255 Å². The normalized spacial score (nSPS) is 24.5. The van der Waals surface area contributed by atoms with Crippen LogP contribution in [0.5, 0.6) is 0 Å². The van der Waals surface area contributed by atoms with Crippen molar-refractivity contribution in [2.45, 2.75) is 53.9 Å². The van der Waals surface area contributed by atoms with E-state index in [1.165, 1.54) is 12.7 Å². The van der Waals surface area contributed by atoms with E-state index in [9.17, 15) is 19.5 Å². The lowest BCUT2D eigenvalue weighted by molar-refractivity contribution is -0.142. The molecule has 0 spiro atoms. The molecule has 3 aliphatic rings. The number of nitrogens with one attached hydrogen (secondary N) is 4. The van der Waals surface area contributed by atoms with Crippen molar-refractivity contribution >= 4 is 47.6 Å². The van der Waals surface area contributed by atoms with Crippen molar-refractivity contribution in [3.63, 3.8) is 0 Å². The molecule has 9 nitrogen and oxygen atoms in total. The van der Waals surface area contributed by atoms with Gasteiger partial charge in [-0.05, 0) is 74.1 Å². The van der Waals surface area contributed by atoms with Crippen LogP contribution >= 0.6 is 0 Å². The largest absolute Gasteiger partial charge is 0.481 e. The van der Waals surface area contributed by atoms with E-state index in [0.29, 0.717) is 28.9 Å². The second-order valence-electron chi connectivity index (χ2n) is 12.0. The Bertz CT molecular complexity index is 1960. The van der Waals surface area contributed by atoms with Gasteiger partial charge in [0, 0.05) is 74.1 Å². The monoisotopic (exact) mass is 594 g/mol. The number of aromatic amines is 3. The Kier molecular flexibility index (Phi) is 7.14. The van der Waals surface area contributed by atoms with Crippen LogP contribution in [0.4, 0.5) is 0 Å². The molecule has 5 N–H and O–H groups in total. The van der Waals surface area contributed by atoms with Gasteiger partial charge < -0.3 is 30.1 Å². The van der Waals surface area contributed by atoms with Gasteiger partial charge in [0.15, 0.2) is 5.78 Å². The SMILES string of the molecule is C=Cc1c2[nH]c(c1C)/C=C1\N/C(=C3\c4[nH]c(c(C)c4C(=O)[C@@H]3C(=O)OC)/C=c3\[nH]/c(c(C)c3CC)=C\2)[C@@H](CCC(=O)O)[C@@H]1C. The Morgan fingerprint density at radius 2 is 1.70 bits per heavy atom. The number of rotatable bonds is 6. The van der Waals surface area contributed by atoms with Gasteiger partial charge in [-0.2, -0.15) is 0 Å². The molecule has 6 rings (SSSR count). The van der Waals surface area contributed by atoms with E-state index in [-0.39, 0.29) is 24.0 Å². The van der Waals surface area contributed by atoms with Crippen molar-refractivity contribution in [3.8, 4) is 0 Å². The van der Waals surface area contributed by atoms with E-state index >= 15 is 0 Å². The number of methoxy groups -OCH3 is 1. The maximum absolute atomic E-state index is 14.0. The summed E-state index contributed by atoms with van der Waals surface area (Å²) in [5, 5.41) is 15.1. The third-order valence-electron chi connectivity index (χ3n) is 9.75. The molecule has 9 heteroatoms. The molecular formula is C35H38N4O5. The summed E-state index contributed by atoms with van der Waals surface area (Å²) in [5.74, 6) is -3.40. The molecule has 0 saturated carbocycles. The number of carboxylic acid groups (broad SMARTS) is 1. The minimum atomic E-state index is -1.15. The number of fused-ring (bicyclic) bond motifs is 7. The Morgan fingerprint density at radius 1 is 1.00 bits per heavy atom. The van der Waals surface area contributed by atoms with Crippen molar-refractivity contribution in [1.82, 2.24) is 20.3 Å². The lowest BCUT2D eigenvalue weighted by Gasteiger charge is -2.19. The maximum Gasteiger partial charge on any atom is 0.321 e. The van der Waals surface area contributed by atoms with E-state index in [4.69, 9.17) is 4.74 Å². The van der Waals surface area contributed by atoms with E-state index in [2.05, 4.69) is 46.8 Å². The highest BCUT2D eigenvalue weighted by molar-refractivity contribution is 6.24. The van der Waals surface area contributed by atoms with Crippen molar-refractivity contribution in [1.29, 1.82) is 0 Å². The van der Waals surface area contributed by atoms with Crippen LogP contribution < -0.4 is 16.0 Å². The number of carboxylic acids is 1. The van der Waals surface area contributed by atoms with Gasteiger partial charge in [0.05, 0.1) is 12.8 Å². The topological polar surface area (TPSA) is 140 Å². The van der Waals surface area contributed by atoms with Gasteiger partial charge in [-0.25, -0.2) is 0 Å². The zero-order chi connectivity index (χ0) is 31.6. The Hall–Kier alpha value is -4.79. The Balaban J connectivity index is 1.73. The lowest BCUT2D eigenvalue weighted by atomic mass is 9.85. The van der Waals surface area contributed by atoms with Gasteiger partial charge in [-0.15, -0.1) is 0 Å². The number of hydrogen-bond donors (Lipinski definition) is 5. The average Bonchev–Trinajstić information content (AvgIpc) is 3.72. The first-order chi connectivity index (χ1) is 21.0. The second-order valence-corrected chi connectivity index (χ2v) is 12.0. The zero-order valence-corrected chi connectivity index (χ0v) is 26.0. The fourth-order valence-electron chi connectivity index (χ4n) is 7.28. The molecule has 44 heavy (non-hydrogen) atoms. The smallest absolute Gasteiger partial charge is 0.321 e. The molecule has 5 heterocycles. The van der Waals surface area contributed by atoms with Gasteiger partial charge in [0.25, 0.3) is 0 Å². The molecule has 8 bridgehead atoms. The number of carbonyl (C=O) groups is 3. The van der Waals surface area contributed by atoms with E-state index in [1.807, 2.05) is 39.0 Å². The fraction of sp³-hybridized carbons (Fsp3) is 0.343. The molecule has 0 unspecified atom stereocenters. The number of aromatic nitrogens is 3. The molecule has 2 aliphatic heterocycles. The molecular weight excluding hydrogens is 556 g/mol. The number of H-pyrrole nitrogens is 3. The van der Waals surface area contributed by atoms with Crippen LogP contribution in [-0.2, 0) is 20.7 Å². The average molecular weight is 595 g/mol. The van der Waals surface area contributed by atoms with E-state index in [1.54, 1.807) is 0 Å². The lowest BCUT2D eigenvalue weighted by Crippen LogP contribution is -2.25. The first-order valence-corrected chi connectivity index (χ1v) is 15.1. The molecule has 3 aromatic rings. The number of carbonyl (C=O) groups excluding carboxylic acids is 2. The van der Waals surface area contributed by atoms with Gasteiger partial charge >= 0.3 is 11.9 Å². The second kappa shape index (κ2) is 10.7. The first kappa shape index (κ1) is 29.3. The number of hydrogen-bond acceptors (Lipinski definition) is 5. The quantitative estimate of drug-likeness (QED) is 0.214. The third kappa shape index (κ3) is 4.32. The summed E-state index contributed by atoms with van der Waals surface area (Å²) in [6.45, 7) is 14.3. The van der Waals surface area contributed by atoms with Crippen LogP contribution in [0.15, 0.2) is 18.0 Å². The predicted octanol–water partition coefficient (Wildman–Crippen LogP) is 4.23. The van der Waals surface area contributed by atoms with Gasteiger partial charge in [0.2, 0.25) is 0 Å². The van der Waals surface area contributed by atoms with Crippen LogP contribution in [0.1, 0.15) is 87.6 Å². The summed E-state index contributed by atoms with van der Waals surface area (Å²) in [6, 6.07) is 0. The van der Waals surface area contributed by atoms with Crippen LogP contribution in [0.25, 0.3) is 29.9 Å². The molecule has 1 fully saturated rings. The summed E-state index contributed by atoms with van der Waals surface area (Å²) < 4.78 is 5.15. The maximum atomic E-state index is 14.0. The summed E-state index contributed by atoms with van der Waals surface area (Å²) in [6.07, 6.45) is 9.13. The van der Waals surface area contributed by atoms with Gasteiger partial charge in [-0.1, -0.05) is 26.5 Å². The summed E-state index contributed by atoms with van der Waals surface area (Å²) in [4.78, 5) is 49.7. The molecule has 1 saturated heterocycles. The standard InChI is InChI=1S/C35H38N4O5/c1-8-19-15(3)22-12-24-17(5)21(10-11-28(40)41)32(38-24)30-31(35(43)44-7)34(42)29-18(6)25(39-33(29)30)14-27-20(9-2)16(4)23(37-27)13-26(19)36-22/h8,12-14,17,21,31,36-39H,1,9-11H2,2-7H3,(H,40,41)/b23-13-,24-12-,27-14-,32-30-/t17-,21-,31+/m0/s1. The van der Waals surface area contributed by atoms with Gasteiger partial charge in [0.1, 0.15) is 5.92 Å². The van der Waals surface area contributed by atoms with Crippen molar-refractivity contribution < 1.29 is 24.2 Å². The van der Waals surface area contributed by atoms with Crippen molar-refractivity contribution in [3.05, 3.63) is 84.8 Å². The minimum absolute atomic E-state index is 0.0530. The molecule has 0 amide bonds. The molecule has 1 aliphatic carbocycles. The van der Waals surface area contributed by atoms with E-state index < -0.39 is 17.9 Å². The molecule has 3 atom stereocenters. The summed E-state index contributed by atoms with van der Waals surface area (Å²) in [7, 11) is 1.28.